The van der Waals surface area contributed by atoms with Gasteiger partial charge < -0.3 is 24.1 Å². The minimum Gasteiger partial charge on any atom is -0.459 e. The molecule has 0 radical (unpaired) electrons. The standard InChI is InChI=1S/C30H42O6/c1-20-13-14-33-24(16-20)9-5-11-26-19-28-30(36-28)27(31)18-22(3)15-21(2)17-25-10-4-7-23(34-25)8-6-12-29(32)35-26/h4-7,9,12-13,21,23-28,30-31H,3,8,10-11,14-19H2,1-2H3/t21-,23-,24+,25-,26+,27-,28-,30-/m0/s1. The van der Waals surface area contributed by atoms with E-state index in [4.69, 9.17) is 18.9 Å². The van der Waals surface area contributed by atoms with Crippen molar-refractivity contribution in [3.05, 3.63) is 60.3 Å². The van der Waals surface area contributed by atoms with Gasteiger partial charge in [-0.3, -0.25) is 0 Å². The van der Waals surface area contributed by atoms with Gasteiger partial charge in [-0.05, 0) is 51.4 Å². The van der Waals surface area contributed by atoms with Gasteiger partial charge in [-0.15, -0.1) is 0 Å². The highest BCUT2D eigenvalue weighted by molar-refractivity contribution is 5.82. The minimum atomic E-state index is -0.594. The Hall–Kier alpha value is -1.99. The van der Waals surface area contributed by atoms with Gasteiger partial charge in [0.15, 0.2) is 0 Å². The first-order valence-electron chi connectivity index (χ1n) is 13.5. The lowest BCUT2D eigenvalue weighted by Crippen LogP contribution is -2.26. The number of hydrogen-bond acceptors (Lipinski definition) is 6. The van der Waals surface area contributed by atoms with Crippen molar-refractivity contribution in [3.8, 4) is 0 Å². The first-order chi connectivity index (χ1) is 17.4. The Morgan fingerprint density at radius 2 is 2.00 bits per heavy atom. The van der Waals surface area contributed by atoms with E-state index in [0.29, 0.717) is 38.2 Å². The Balaban J connectivity index is 1.40. The molecule has 6 heteroatoms. The van der Waals surface area contributed by atoms with Crippen LogP contribution in [0.2, 0.25) is 0 Å². The van der Waals surface area contributed by atoms with E-state index in [9.17, 15) is 9.90 Å². The second-order valence-corrected chi connectivity index (χ2v) is 10.9. The molecule has 0 aromatic heterocycles. The molecule has 2 bridgehead atoms. The van der Waals surface area contributed by atoms with E-state index < -0.39 is 6.10 Å². The van der Waals surface area contributed by atoms with Gasteiger partial charge in [-0.25, -0.2) is 4.79 Å². The van der Waals surface area contributed by atoms with Crippen LogP contribution in [0.25, 0.3) is 0 Å². The van der Waals surface area contributed by atoms with Crippen LogP contribution in [0.4, 0.5) is 0 Å². The van der Waals surface area contributed by atoms with Crippen molar-refractivity contribution in [1.29, 1.82) is 0 Å². The number of rotatable bonds is 3. The van der Waals surface area contributed by atoms with Gasteiger partial charge in [-0.1, -0.05) is 61.1 Å². The molecule has 1 N–H and O–H groups in total. The predicted molar refractivity (Wildman–Crippen MR) is 139 cm³/mol. The molecule has 0 aromatic rings. The average molecular weight is 499 g/mol. The second kappa shape index (κ2) is 13.0. The highest BCUT2D eigenvalue weighted by atomic mass is 16.6. The summed E-state index contributed by atoms with van der Waals surface area (Å²) in [6.07, 6.45) is 18.6. The molecule has 0 spiro atoms. The van der Waals surface area contributed by atoms with Gasteiger partial charge in [0.25, 0.3) is 0 Å². The number of aliphatic hydroxyl groups is 1. The minimum absolute atomic E-state index is 0.0312. The zero-order valence-electron chi connectivity index (χ0n) is 21.7. The van der Waals surface area contributed by atoms with Crippen LogP contribution in [0.1, 0.15) is 65.2 Å². The first kappa shape index (κ1) is 27.1. The maximum Gasteiger partial charge on any atom is 0.330 e. The first-order valence-corrected chi connectivity index (χ1v) is 13.5. The predicted octanol–water partition coefficient (Wildman–Crippen LogP) is 5.13. The maximum absolute atomic E-state index is 12.6. The zero-order chi connectivity index (χ0) is 25.5. The average Bonchev–Trinajstić information content (AvgIpc) is 3.58. The summed E-state index contributed by atoms with van der Waals surface area (Å²) < 4.78 is 23.6. The van der Waals surface area contributed by atoms with E-state index in [1.165, 1.54) is 11.6 Å². The molecule has 4 rings (SSSR count). The molecule has 8 atom stereocenters. The molecule has 6 nitrogen and oxygen atoms in total. The van der Waals surface area contributed by atoms with Gasteiger partial charge in [0, 0.05) is 18.9 Å². The summed E-state index contributed by atoms with van der Waals surface area (Å²) in [5.74, 6) is 0.0593. The molecule has 4 aliphatic rings. The Labute approximate surface area is 215 Å². The quantitative estimate of drug-likeness (QED) is 0.330. The highest BCUT2D eigenvalue weighted by Gasteiger charge is 2.45. The molecular weight excluding hydrogens is 456 g/mol. The van der Waals surface area contributed by atoms with Crippen LogP contribution < -0.4 is 0 Å². The SMILES string of the molecule is C=C1C[C@H](C)C[C@@H]2CC=C[C@@H](CC=CC(=O)O[C@H](CC=C[C@@H]3CC(C)=CCO3)C[C@@H]3O[C@H]3[C@@H](O)C1)O2. The number of fused-ring (bicyclic) bond motifs is 3. The molecule has 4 aliphatic heterocycles. The smallest absolute Gasteiger partial charge is 0.330 e. The number of esters is 1. The van der Waals surface area contributed by atoms with Gasteiger partial charge in [0.2, 0.25) is 0 Å². The van der Waals surface area contributed by atoms with Crippen LogP contribution >= 0.6 is 0 Å². The lowest BCUT2D eigenvalue weighted by Gasteiger charge is -2.28. The fourth-order valence-electron chi connectivity index (χ4n) is 5.45. The third-order valence-corrected chi connectivity index (χ3v) is 7.33. The van der Waals surface area contributed by atoms with Crippen molar-refractivity contribution in [2.24, 2.45) is 5.92 Å². The second-order valence-electron chi connectivity index (χ2n) is 10.9. The summed E-state index contributed by atoms with van der Waals surface area (Å²) in [7, 11) is 0. The van der Waals surface area contributed by atoms with E-state index in [1.54, 1.807) is 0 Å². The fraction of sp³-hybridized carbons (Fsp3) is 0.633. The van der Waals surface area contributed by atoms with E-state index in [1.807, 2.05) is 12.2 Å². The van der Waals surface area contributed by atoms with Crippen molar-refractivity contribution in [2.45, 2.75) is 108 Å². The van der Waals surface area contributed by atoms with Gasteiger partial charge >= 0.3 is 5.97 Å². The zero-order valence-corrected chi connectivity index (χ0v) is 21.7. The number of carbonyl (C=O) groups excluding carboxylic acids is 1. The third kappa shape index (κ3) is 8.55. The summed E-state index contributed by atoms with van der Waals surface area (Å²) in [5, 5.41) is 10.7. The molecular formula is C30H42O6. The van der Waals surface area contributed by atoms with Crippen molar-refractivity contribution >= 4 is 5.97 Å². The highest BCUT2D eigenvalue weighted by Crippen LogP contribution is 2.34. The lowest BCUT2D eigenvalue weighted by atomic mass is 9.91. The lowest BCUT2D eigenvalue weighted by molar-refractivity contribution is -0.143. The van der Waals surface area contributed by atoms with E-state index in [2.05, 4.69) is 44.7 Å². The Bertz CT molecular complexity index is 886. The summed E-state index contributed by atoms with van der Waals surface area (Å²) in [6, 6.07) is 0. The number of aliphatic hydroxyl groups excluding tert-OH is 1. The monoisotopic (exact) mass is 498 g/mol. The third-order valence-electron chi connectivity index (χ3n) is 7.33. The van der Waals surface area contributed by atoms with Crippen LogP contribution in [-0.2, 0) is 23.7 Å². The van der Waals surface area contributed by atoms with E-state index in [0.717, 1.165) is 31.3 Å². The Morgan fingerprint density at radius 3 is 2.83 bits per heavy atom. The topological polar surface area (TPSA) is 77.5 Å². The normalized spacial score (nSPS) is 38.6. The number of epoxide rings is 1. The molecule has 36 heavy (non-hydrogen) atoms. The molecule has 0 amide bonds. The van der Waals surface area contributed by atoms with Crippen LogP contribution in [0.3, 0.4) is 0 Å². The Morgan fingerprint density at radius 1 is 1.14 bits per heavy atom. The van der Waals surface area contributed by atoms with Crippen molar-refractivity contribution in [3.63, 3.8) is 0 Å². The largest absolute Gasteiger partial charge is 0.459 e. The van der Waals surface area contributed by atoms with Crippen LogP contribution in [0, 0.1) is 5.92 Å². The van der Waals surface area contributed by atoms with Gasteiger partial charge in [0.1, 0.15) is 12.2 Å². The molecule has 1 saturated heterocycles. The number of ether oxygens (including phenoxy) is 4. The fourth-order valence-corrected chi connectivity index (χ4v) is 5.45. The van der Waals surface area contributed by atoms with Crippen molar-refractivity contribution in [1.82, 2.24) is 0 Å². The van der Waals surface area contributed by atoms with Crippen LogP contribution in [-0.4, -0.2) is 60.4 Å². The molecule has 0 saturated carbocycles. The van der Waals surface area contributed by atoms with Gasteiger partial charge in [-0.2, -0.15) is 0 Å². The maximum atomic E-state index is 12.6. The number of carbonyl (C=O) groups is 1. The molecule has 1 fully saturated rings. The molecule has 4 heterocycles. The Kier molecular flexibility index (Phi) is 9.77. The van der Waals surface area contributed by atoms with Crippen LogP contribution in [0.5, 0.6) is 0 Å². The summed E-state index contributed by atoms with van der Waals surface area (Å²) in [5.41, 5.74) is 2.37. The summed E-state index contributed by atoms with van der Waals surface area (Å²) >= 11 is 0. The number of cyclic esters (lactones) is 1. The summed E-state index contributed by atoms with van der Waals surface area (Å²) in [6.45, 7) is 9.18. The molecule has 0 unspecified atom stereocenters. The number of hydrogen-bond donors (Lipinski definition) is 1. The van der Waals surface area contributed by atoms with Crippen molar-refractivity contribution < 1.29 is 28.8 Å². The van der Waals surface area contributed by atoms with Crippen molar-refractivity contribution in [2.75, 3.05) is 6.61 Å². The molecule has 0 aliphatic carbocycles. The summed E-state index contributed by atoms with van der Waals surface area (Å²) in [4.78, 5) is 12.6. The molecule has 0 aromatic carbocycles. The van der Waals surface area contributed by atoms with Crippen LogP contribution in [0.15, 0.2) is 60.3 Å². The van der Waals surface area contributed by atoms with E-state index in [-0.39, 0.29) is 42.6 Å². The van der Waals surface area contributed by atoms with E-state index >= 15 is 0 Å². The molecule has 198 valence electrons. The van der Waals surface area contributed by atoms with Gasteiger partial charge in [0.05, 0.1) is 37.1 Å².